The molecule has 120 valence electrons. The third-order valence-electron chi connectivity index (χ3n) is 3.41. The zero-order valence-corrected chi connectivity index (χ0v) is 14.1. The van der Waals surface area contributed by atoms with Crippen LogP contribution in [0.2, 0.25) is 0 Å². The second-order valence-electron chi connectivity index (χ2n) is 5.17. The maximum Gasteiger partial charge on any atom is 0.237 e. The fraction of sp³-hybridized carbons (Fsp3) is 0.375. The van der Waals surface area contributed by atoms with E-state index in [-0.39, 0.29) is 0 Å². The van der Waals surface area contributed by atoms with Crippen molar-refractivity contribution in [2.45, 2.75) is 44.0 Å². The molecule has 0 atom stereocenters. The predicted molar refractivity (Wildman–Crippen MR) is 89.1 cm³/mol. The number of hydrogen-bond acceptors (Lipinski definition) is 6. The van der Waals surface area contributed by atoms with E-state index < -0.39 is 0 Å². The fourth-order valence-electron chi connectivity index (χ4n) is 2.14. The molecule has 0 bridgehead atoms. The number of benzene rings is 1. The van der Waals surface area contributed by atoms with Gasteiger partial charge in [-0.1, -0.05) is 55.0 Å². The molecule has 2 aromatic heterocycles. The Bertz CT molecular complexity index is 750. The number of rotatable bonds is 7. The summed E-state index contributed by atoms with van der Waals surface area (Å²) in [4.78, 5) is 8.84. The quantitative estimate of drug-likeness (QED) is 0.666. The van der Waals surface area contributed by atoms with E-state index in [9.17, 15) is 0 Å². The maximum absolute atomic E-state index is 5.30. The van der Waals surface area contributed by atoms with Crippen LogP contribution in [-0.2, 0) is 18.6 Å². The Morgan fingerprint density at radius 2 is 1.96 bits per heavy atom. The van der Waals surface area contributed by atoms with Gasteiger partial charge in [0, 0.05) is 12.0 Å². The molecule has 0 amide bonds. The SMILES string of the molecule is CCCc1nc(SCc2nc(-c3ccc(CC)cc3)no2)n[nH]1. The molecule has 7 heteroatoms. The minimum absolute atomic E-state index is 0.559. The van der Waals surface area contributed by atoms with Crippen molar-refractivity contribution in [1.82, 2.24) is 25.3 Å². The molecule has 1 aromatic carbocycles. The molecule has 3 rings (SSSR count). The highest BCUT2D eigenvalue weighted by Gasteiger charge is 2.11. The van der Waals surface area contributed by atoms with Crippen molar-refractivity contribution in [2.24, 2.45) is 0 Å². The summed E-state index contributed by atoms with van der Waals surface area (Å²) in [6.07, 6.45) is 2.97. The third kappa shape index (κ3) is 3.98. The molecule has 6 nitrogen and oxygen atoms in total. The highest BCUT2D eigenvalue weighted by molar-refractivity contribution is 7.98. The average molecular weight is 329 g/mol. The lowest BCUT2D eigenvalue weighted by Crippen LogP contribution is -1.86. The van der Waals surface area contributed by atoms with Gasteiger partial charge in [-0.15, -0.1) is 5.10 Å². The number of hydrogen-bond donors (Lipinski definition) is 1. The molecule has 0 saturated heterocycles. The molecule has 23 heavy (non-hydrogen) atoms. The number of nitrogens with zero attached hydrogens (tertiary/aromatic N) is 4. The van der Waals surface area contributed by atoms with Crippen LogP contribution in [0, 0.1) is 0 Å². The van der Waals surface area contributed by atoms with Crippen LogP contribution in [0.3, 0.4) is 0 Å². The summed E-state index contributed by atoms with van der Waals surface area (Å²) in [5.74, 6) is 2.66. The van der Waals surface area contributed by atoms with Crippen molar-refractivity contribution in [1.29, 1.82) is 0 Å². The Morgan fingerprint density at radius 3 is 2.70 bits per heavy atom. The first-order valence-corrected chi connectivity index (χ1v) is 8.73. The second-order valence-corrected chi connectivity index (χ2v) is 6.11. The van der Waals surface area contributed by atoms with Crippen molar-refractivity contribution in [3.05, 3.63) is 41.5 Å². The van der Waals surface area contributed by atoms with Crippen LogP contribution in [0.5, 0.6) is 0 Å². The lowest BCUT2D eigenvalue weighted by molar-refractivity contribution is 0.391. The monoisotopic (exact) mass is 329 g/mol. The fourth-order valence-corrected chi connectivity index (χ4v) is 2.79. The molecular formula is C16H19N5OS. The number of aryl methyl sites for hydroxylation is 2. The molecule has 0 aliphatic rings. The molecule has 0 saturated carbocycles. The van der Waals surface area contributed by atoms with Crippen LogP contribution in [0.25, 0.3) is 11.4 Å². The summed E-state index contributed by atoms with van der Waals surface area (Å²) in [7, 11) is 0. The number of thioether (sulfide) groups is 1. The Kier molecular flexibility index (Phi) is 5.07. The van der Waals surface area contributed by atoms with Crippen LogP contribution in [0.15, 0.2) is 33.9 Å². The van der Waals surface area contributed by atoms with Gasteiger partial charge in [-0.3, -0.25) is 5.10 Å². The molecule has 1 N–H and O–H groups in total. The smallest absolute Gasteiger partial charge is 0.237 e. The van der Waals surface area contributed by atoms with E-state index in [1.165, 1.54) is 17.3 Å². The summed E-state index contributed by atoms with van der Waals surface area (Å²) >= 11 is 1.49. The predicted octanol–water partition coefficient (Wildman–Crippen LogP) is 3.66. The van der Waals surface area contributed by atoms with Gasteiger partial charge in [-0.25, -0.2) is 4.98 Å². The second kappa shape index (κ2) is 7.41. The number of aromatic nitrogens is 5. The summed E-state index contributed by atoms with van der Waals surface area (Å²) in [6.45, 7) is 4.25. The molecule has 0 aliphatic heterocycles. The van der Waals surface area contributed by atoms with Gasteiger partial charge in [0.1, 0.15) is 5.82 Å². The van der Waals surface area contributed by atoms with Gasteiger partial charge in [-0.05, 0) is 18.4 Å². The highest BCUT2D eigenvalue weighted by Crippen LogP contribution is 2.21. The molecule has 0 aliphatic carbocycles. The molecule has 2 heterocycles. The maximum atomic E-state index is 5.30. The van der Waals surface area contributed by atoms with Gasteiger partial charge in [0.05, 0.1) is 5.75 Å². The lowest BCUT2D eigenvalue weighted by atomic mass is 10.1. The topological polar surface area (TPSA) is 80.5 Å². The Hall–Kier alpha value is -2.15. The summed E-state index contributed by atoms with van der Waals surface area (Å²) < 4.78 is 5.30. The highest BCUT2D eigenvalue weighted by atomic mass is 32.2. The molecule has 0 unspecified atom stereocenters. The summed E-state index contributed by atoms with van der Waals surface area (Å²) in [5.41, 5.74) is 2.26. The number of nitrogens with one attached hydrogen (secondary N) is 1. The van der Waals surface area contributed by atoms with E-state index in [1.54, 1.807) is 0 Å². The first kappa shape index (κ1) is 15.7. The minimum atomic E-state index is 0.559. The van der Waals surface area contributed by atoms with Crippen molar-refractivity contribution in [3.8, 4) is 11.4 Å². The van der Waals surface area contributed by atoms with Crippen molar-refractivity contribution in [3.63, 3.8) is 0 Å². The Morgan fingerprint density at radius 1 is 1.13 bits per heavy atom. The standard InChI is InChI=1S/C16H19N5OS/c1-3-5-13-17-16(20-19-13)23-10-14-18-15(21-22-14)12-8-6-11(4-2)7-9-12/h6-9H,3-5,10H2,1-2H3,(H,17,19,20). The molecular weight excluding hydrogens is 310 g/mol. The molecule has 0 radical (unpaired) electrons. The van der Waals surface area contributed by atoms with Crippen LogP contribution >= 0.6 is 11.8 Å². The van der Waals surface area contributed by atoms with Crippen molar-refractivity contribution in [2.75, 3.05) is 0 Å². The lowest BCUT2D eigenvalue weighted by Gasteiger charge is -1.97. The van der Waals surface area contributed by atoms with Crippen LogP contribution < -0.4 is 0 Å². The van der Waals surface area contributed by atoms with E-state index in [0.29, 0.717) is 22.6 Å². The van der Waals surface area contributed by atoms with E-state index in [0.717, 1.165) is 30.7 Å². The van der Waals surface area contributed by atoms with E-state index >= 15 is 0 Å². The van der Waals surface area contributed by atoms with E-state index in [1.807, 2.05) is 12.1 Å². The van der Waals surface area contributed by atoms with Crippen LogP contribution in [0.4, 0.5) is 0 Å². The summed E-state index contributed by atoms with van der Waals surface area (Å²) in [5, 5.41) is 11.9. The van der Waals surface area contributed by atoms with Gasteiger partial charge in [0.25, 0.3) is 0 Å². The van der Waals surface area contributed by atoms with Crippen LogP contribution in [-0.4, -0.2) is 25.3 Å². The normalized spacial score (nSPS) is 11.0. The molecule has 0 spiro atoms. The van der Waals surface area contributed by atoms with Gasteiger partial charge < -0.3 is 4.52 Å². The zero-order valence-electron chi connectivity index (χ0n) is 13.2. The third-order valence-corrected chi connectivity index (χ3v) is 4.24. The van der Waals surface area contributed by atoms with E-state index in [2.05, 4.69) is 51.3 Å². The van der Waals surface area contributed by atoms with Gasteiger partial charge >= 0.3 is 0 Å². The van der Waals surface area contributed by atoms with Gasteiger partial charge in [0.15, 0.2) is 0 Å². The summed E-state index contributed by atoms with van der Waals surface area (Å²) in [6, 6.07) is 8.21. The van der Waals surface area contributed by atoms with Crippen molar-refractivity contribution >= 4 is 11.8 Å². The Balaban J connectivity index is 1.62. The first-order chi connectivity index (χ1) is 11.3. The largest absolute Gasteiger partial charge is 0.338 e. The Labute approximate surface area is 139 Å². The molecule has 0 fully saturated rings. The zero-order chi connectivity index (χ0) is 16.1. The number of H-pyrrole nitrogens is 1. The van der Waals surface area contributed by atoms with Gasteiger partial charge in [0.2, 0.25) is 16.9 Å². The molecule has 3 aromatic rings. The minimum Gasteiger partial charge on any atom is -0.338 e. The van der Waals surface area contributed by atoms with Gasteiger partial charge in [-0.2, -0.15) is 4.98 Å². The first-order valence-electron chi connectivity index (χ1n) is 7.74. The average Bonchev–Trinajstić information content (AvgIpc) is 3.23. The number of aromatic amines is 1. The van der Waals surface area contributed by atoms with Crippen LogP contribution in [0.1, 0.15) is 37.5 Å². The van der Waals surface area contributed by atoms with Crippen molar-refractivity contribution < 1.29 is 4.52 Å². The van der Waals surface area contributed by atoms with E-state index in [4.69, 9.17) is 4.52 Å².